The number of anilines is 1. The van der Waals surface area contributed by atoms with E-state index in [0.29, 0.717) is 30.5 Å². The van der Waals surface area contributed by atoms with Gasteiger partial charge in [0.1, 0.15) is 13.2 Å². The van der Waals surface area contributed by atoms with Gasteiger partial charge in [0.15, 0.2) is 11.5 Å². The Balaban J connectivity index is 1.62. The van der Waals surface area contributed by atoms with Gasteiger partial charge in [0.2, 0.25) is 0 Å². The Morgan fingerprint density at radius 2 is 1.83 bits per heavy atom. The molecular weight excluding hydrogens is 316 g/mol. The van der Waals surface area contributed by atoms with Crippen molar-refractivity contribution in [1.29, 1.82) is 0 Å². The van der Waals surface area contributed by atoms with Gasteiger partial charge in [0.05, 0.1) is 0 Å². The van der Waals surface area contributed by atoms with Crippen molar-refractivity contribution in [2.45, 2.75) is 6.54 Å². The third-order valence-electron chi connectivity index (χ3n) is 3.47. The SMILES string of the molecule is CN(Cc1ccc2c(c1)OCCO2)C(=O)Nc1ccc(Cl)cc1. The van der Waals surface area contributed by atoms with Gasteiger partial charge in [-0.3, -0.25) is 0 Å². The monoisotopic (exact) mass is 332 g/mol. The lowest BCUT2D eigenvalue weighted by Gasteiger charge is -2.21. The number of urea groups is 1. The number of benzene rings is 2. The summed E-state index contributed by atoms with van der Waals surface area (Å²) >= 11 is 5.83. The van der Waals surface area contributed by atoms with Crippen molar-refractivity contribution < 1.29 is 14.3 Å². The Labute approximate surface area is 139 Å². The fourth-order valence-electron chi connectivity index (χ4n) is 2.28. The molecule has 0 spiro atoms. The summed E-state index contributed by atoms with van der Waals surface area (Å²) in [6.07, 6.45) is 0. The van der Waals surface area contributed by atoms with Gasteiger partial charge >= 0.3 is 6.03 Å². The average Bonchev–Trinajstić information content (AvgIpc) is 2.56. The number of halogens is 1. The molecule has 23 heavy (non-hydrogen) atoms. The third kappa shape index (κ3) is 3.87. The smallest absolute Gasteiger partial charge is 0.321 e. The van der Waals surface area contributed by atoms with Gasteiger partial charge in [-0.05, 0) is 42.0 Å². The predicted molar refractivity (Wildman–Crippen MR) is 89.4 cm³/mol. The first-order valence-electron chi connectivity index (χ1n) is 7.28. The Kier molecular flexibility index (Phi) is 4.57. The van der Waals surface area contributed by atoms with Gasteiger partial charge in [0, 0.05) is 24.3 Å². The summed E-state index contributed by atoms with van der Waals surface area (Å²) in [6.45, 7) is 1.58. The van der Waals surface area contributed by atoms with Gasteiger partial charge in [0.25, 0.3) is 0 Å². The molecular formula is C17H17ClN2O3. The standard InChI is InChI=1S/C17H17ClN2O3/c1-20(17(21)19-14-5-3-13(18)4-6-14)11-12-2-7-15-16(10-12)23-9-8-22-15/h2-7,10H,8-9,11H2,1H3,(H,19,21). The molecule has 6 heteroatoms. The third-order valence-corrected chi connectivity index (χ3v) is 3.72. The molecule has 0 bridgehead atoms. The van der Waals surface area contributed by atoms with E-state index in [1.807, 2.05) is 18.2 Å². The summed E-state index contributed by atoms with van der Waals surface area (Å²) in [5.74, 6) is 1.47. The van der Waals surface area contributed by atoms with E-state index >= 15 is 0 Å². The highest BCUT2D eigenvalue weighted by atomic mass is 35.5. The van der Waals surface area contributed by atoms with Crippen LogP contribution >= 0.6 is 11.6 Å². The number of hydrogen-bond acceptors (Lipinski definition) is 3. The lowest BCUT2D eigenvalue weighted by Crippen LogP contribution is -2.30. The van der Waals surface area contributed by atoms with E-state index in [2.05, 4.69) is 5.32 Å². The van der Waals surface area contributed by atoms with Crippen molar-refractivity contribution in [3.8, 4) is 11.5 Å². The van der Waals surface area contributed by atoms with Crippen molar-refractivity contribution in [1.82, 2.24) is 4.90 Å². The number of nitrogens with one attached hydrogen (secondary N) is 1. The maximum Gasteiger partial charge on any atom is 0.321 e. The topological polar surface area (TPSA) is 50.8 Å². The Morgan fingerprint density at radius 3 is 2.57 bits per heavy atom. The van der Waals surface area contributed by atoms with Crippen LogP contribution in [-0.4, -0.2) is 31.2 Å². The van der Waals surface area contributed by atoms with Crippen LogP contribution in [0, 0.1) is 0 Å². The van der Waals surface area contributed by atoms with Crippen LogP contribution in [0.5, 0.6) is 11.5 Å². The summed E-state index contributed by atoms with van der Waals surface area (Å²) in [7, 11) is 1.74. The molecule has 120 valence electrons. The zero-order chi connectivity index (χ0) is 16.2. The summed E-state index contributed by atoms with van der Waals surface area (Å²) < 4.78 is 11.0. The van der Waals surface area contributed by atoms with Crippen LogP contribution in [0.25, 0.3) is 0 Å². The number of nitrogens with zero attached hydrogens (tertiary/aromatic N) is 1. The zero-order valence-electron chi connectivity index (χ0n) is 12.7. The first-order chi connectivity index (χ1) is 11.1. The van der Waals surface area contributed by atoms with Crippen molar-refractivity contribution >= 4 is 23.3 Å². The molecule has 3 rings (SSSR count). The van der Waals surface area contributed by atoms with E-state index in [-0.39, 0.29) is 6.03 Å². The number of amides is 2. The number of hydrogen-bond donors (Lipinski definition) is 1. The zero-order valence-corrected chi connectivity index (χ0v) is 13.5. The molecule has 0 aliphatic carbocycles. The van der Waals surface area contributed by atoms with Crippen molar-refractivity contribution in [2.75, 3.05) is 25.6 Å². The van der Waals surface area contributed by atoms with Crippen molar-refractivity contribution in [2.24, 2.45) is 0 Å². The van der Waals surface area contributed by atoms with E-state index in [1.165, 1.54) is 0 Å². The average molecular weight is 333 g/mol. The normalized spacial score (nSPS) is 12.6. The van der Waals surface area contributed by atoms with Crippen LogP contribution in [0.1, 0.15) is 5.56 Å². The van der Waals surface area contributed by atoms with Crippen LogP contribution in [0.4, 0.5) is 10.5 Å². The van der Waals surface area contributed by atoms with E-state index in [4.69, 9.17) is 21.1 Å². The highest BCUT2D eigenvalue weighted by Gasteiger charge is 2.14. The largest absolute Gasteiger partial charge is 0.486 e. The summed E-state index contributed by atoms with van der Waals surface area (Å²) in [4.78, 5) is 13.8. The molecule has 5 nitrogen and oxygen atoms in total. The second-order valence-electron chi connectivity index (χ2n) is 5.27. The summed E-state index contributed by atoms with van der Waals surface area (Å²) in [5.41, 5.74) is 1.68. The predicted octanol–water partition coefficient (Wildman–Crippen LogP) is 3.78. The molecule has 1 aliphatic rings. The van der Waals surface area contributed by atoms with Crippen LogP contribution in [0.3, 0.4) is 0 Å². The Hall–Kier alpha value is -2.40. The Bertz CT molecular complexity index is 703. The number of ether oxygens (including phenoxy) is 2. The minimum absolute atomic E-state index is 0.192. The van der Waals surface area contributed by atoms with E-state index in [0.717, 1.165) is 17.1 Å². The number of carbonyl (C=O) groups is 1. The second kappa shape index (κ2) is 6.79. The number of fused-ring (bicyclic) bond motifs is 1. The first kappa shape index (κ1) is 15.5. The Morgan fingerprint density at radius 1 is 1.13 bits per heavy atom. The maximum atomic E-state index is 12.2. The minimum atomic E-state index is -0.192. The molecule has 0 atom stereocenters. The molecule has 0 fully saturated rings. The molecule has 1 aliphatic heterocycles. The van der Waals surface area contributed by atoms with Crippen LogP contribution < -0.4 is 14.8 Å². The van der Waals surface area contributed by atoms with Gasteiger partial charge < -0.3 is 19.7 Å². The van der Waals surface area contributed by atoms with E-state index < -0.39 is 0 Å². The number of rotatable bonds is 3. The minimum Gasteiger partial charge on any atom is -0.486 e. The van der Waals surface area contributed by atoms with Crippen LogP contribution in [0.2, 0.25) is 5.02 Å². The van der Waals surface area contributed by atoms with Gasteiger partial charge in [-0.15, -0.1) is 0 Å². The number of carbonyl (C=O) groups excluding carboxylic acids is 1. The summed E-state index contributed by atoms with van der Waals surface area (Å²) in [5, 5.41) is 3.46. The second-order valence-corrected chi connectivity index (χ2v) is 5.71. The highest BCUT2D eigenvalue weighted by Crippen LogP contribution is 2.31. The molecule has 2 amide bonds. The lowest BCUT2D eigenvalue weighted by atomic mass is 10.2. The fraction of sp³-hybridized carbons (Fsp3) is 0.235. The molecule has 2 aromatic carbocycles. The summed E-state index contributed by atoms with van der Waals surface area (Å²) in [6, 6.07) is 12.5. The van der Waals surface area contributed by atoms with E-state index in [1.54, 1.807) is 36.2 Å². The van der Waals surface area contributed by atoms with Crippen molar-refractivity contribution in [3.05, 3.63) is 53.1 Å². The molecule has 0 aromatic heterocycles. The molecule has 0 unspecified atom stereocenters. The van der Waals surface area contributed by atoms with Gasteiger partial charge in [-0.25, -0.2) is 4.79 Å². The van der Waals surface area contributed by atoms with Gasteiger partial charge in [-0.1, -0.05) is 17.7 Å². The molecule has 0 saturated carbocycles. The van der Waals surface area contributed by atoms with Crippen molar-refractivity contribution in [3.63, 3.8) is 0 Å². The lowest BCUT2D eigenvalue weighted by molar-refractivity contribution is 0.171. The molecule has 0 saturated heterocycles. The highest BCUT2D eigenvalue weighted by molar-refractivity contribution is 6.30. The fourth-order valence-corrected chi connectivity index (χ4v) is 2.41. The molecule has 2 aromatic rings. The maximum absolute atomic E-state index is 12.2. The molecule has 1 heterocycles. The molecule has 0 radical (unpaired) electrons. The van der Waals surface area contributed by atoms with Gasteiger partial charge in [-0.2, -0.15) is 0 Å². The van der Waals surface area contributed by atoms with Crippen LogP contribution in [-0.2, 0) is 6.54 Å². The van der Waals surface area contributed by atoms with Crippen LogP contribution in [0.15, 0.2) is 42.5 Å². The molecule has 1 N–H and O–H groups in total. The quantitative estimate of drug-likeness (QED) is 0.930. The first-order valence-corrected chi connectivity index (χ1v) is 7.66. The van der Waals surface area contributed by atoms with E-state index in [9.17, 15) is 4.79 Å².